The summed E-state index contributed by atoms with van der Waals surface area (Å²) in [7, 11) is 0. The summed E-state index contributed by atoms with van der Waals surface area (Å²) in [6.45, 7) is 5.27. The molecule has 3 N–H and O–H groups in total. The van der Waals surface area contributed by atoms with E-state index in [4.69, 9.17) is 33.7 Å². The van der Waals surface area contributed by atoms with Crippen molar-refractivity contribution >= 4 is 40.3 Å². The summed E-state index contributed by atoms with van der Waals surface area (Å²) < 4.78 is 7.15. The van der Waals surface area contributed by atoms with E-state index in [1.54, 1.807) is 4.57 Å². The zero-order valence-corrected chi connectivity index (χ0v) is 15.1. The standard InChI is InChI=1S/C15H20Cl2N4O3/c1-7(2)9(14(18)23)4-12(24-8(3)22)21-6-19-13-10(16)5-11(17)20-15(13)21/h5-9,12,22H,4H2,1-3H3,(H2,18,23)/t8?,9?,12-/m1/s1. The van der Waals surface area contributed by atoms with Gasteiger partial charge in [0.2, 0.25) is 5.91 Å². The van der Waals surface area contributed by atoms with Crippen molar-refractivity contribution in [3.8, 4) is 0 Å². The number of aliphatic hydroxyl groups is 1. The van der Waals surface area contributed by atoms with E-state index in [1.807, 2.05) is 13.8 Å². The Balaban J connectivity index is 2.46. The lowest BCUT2D eigenvalue weighted by atomic mass is 9.91. The minimum absolute atomic E-state index is 0.0116. The van der Waals surface area contributed by atoms with Crippen LogP contribution in [0.3, 0.4) is 0 Å². The molecule has 0 saturated carbocycles. The number of hydrogen-bond acceptors (Lipinski definition) is 5. The van der Waals surface area contributed by atoms with Crippen molar-refractivity contribution in [1.82, 2.24) is 14.5 Å². The van der Waals surface area contributed by atoms with Crippen molar-refractivity contribution in [2.75, 3.05) is 0 Å². The third kappa shape index (κ3) is 4.16. The topological polar surface area (TPSA) is 103 Å². The Bertz CT molecular complexity index is 733. The number of primary amides is 1. The molecule has 2 aromatic rings. The smallest absolute Gasteiger partial charge is 0.220 e. The Kier molecular flexibility index (Phi) is 6.03. The molecular formula is C15H20Cl2N4O3. The molecule has 0 aromatic carbocycles. The molecule has 0 fully saturated rings. The van der Waals surface area contributed by atoms with Gasteiger partial charge in [-0.2, -0.15) is 0 Å². The van der Waals surface area contributed by atoms with Gasteiger partial charge in [-0.05, 0) is 18.9 Å². The fraction of sp³-hybridized carbons (Fsp3) is 0.533. The van der Waals surface area contributed by atoms with Crippen LogP contribution in [-0.2, 0) is 9.53 Å². The van der Waals surface area contributed by atoms with Crippen molar-refractivity contribution < 1.29 is 14.6 Å². The Morgan fingerprint density at radius 1 is 1.42 bits per heavy atom. The molecule has 0 saturated heterocycles. The number of carbonyl (C=O) groups is 1. The number of hydrogen-bond donors (Lipinski definition) is 2. The van der Waals surface area contributed by atoms with E-state index in [0.29, 0.717) is 16.2 Å². The fourth-order valence-corrected chi connectivity index (χ4v) is 3.03. The Morgan fingerprint density at radius 2 is 2.08 bits per heavy atom. The lowest BCUT2D eigenvalue weighted by Gasteiger charge is -2.26. The molecule has 132 valence electrons. The molecule has 0 aliphatic rings. The van der Waals surface area contributed by atoms with Gasteiger partial charge in [-0.3, -0.25) is 9.36 Å². The summed E-state index contributed by atoms with van der Waals surface area (Å²) in [6, 6.07) is 1.49. The van der Waals surface area contributed by atoms with Gasteiger partial charge in [0.1, 0.15) is 16.9 Å². The molecule has 7 nitrogen and oxygen atoms in total. The molecule has 2 aromatic heterocycles. The van der Waals surface area contributed by atoms with Crippen molar-refractivity contribution in [2.45, 2.75) is 39.7 Å². The summed E-state index contributed by atoms with van der Waals surface area (Å²) in [4.78, 5) is 20.2. The van der Waals surface area contributed by atoms with Crippen LogP contribution in [0.25, 0.3) is 11.2 Å². The number of amides is 1. The van der Waals surface area contributed by atoms with Gasteiger partial charge in [0.25, 0.3) is 0 Å². The van der Waals surface area contributed by atoms with Crippen LogP contribution in [0.5, 0.6) is 0 Å². The van der Waals surface area contributed by atoms with Crippen LogP contribution in [0.1, 0.15) is 33.4 Å². The van der Waals surface area contributed by atoms with E-state index in [2.05, 4.69) is 9.97 Å². The van der Waals surface area contributed by atoms with Crippen molar-refractivity contribution in [3.63, 3.8) is 0 Å². The van der Waals surface area contributed by atoms with Gasteiger partial charge in [-0.1, -0.05) is 37.0 Å². The van der Waals surface area contributed by atoms with Gasteiger partial charge >= 0.3 is 0 Å². The quantitative estimate of drug-likeness (QED) is 0.572. The van der Waals surface area contributed by atoms with Crippen molar-refractivity contribution in [1.29, 1.82) is 0 Å². The number of aromatic nitrogens is 3. The third-order valence-corrected chi connectivity index (χ3v) is 4.22. The second-order valence-electron chi connectivity index (χ2n) is 5.93. The average Bonchev–Trinajstić information content (AvgIpc) is 2.86. The minimum atomic E-state index is -1.05. The summed E-state index contributed by atoms with van der Waals surface area (Å²) in [5.74, 6) is -0.865. The van der Waals surface area contributed by atoms with Gasteiger partial charge in [0, 0.05) is 12.3 Å². The first kappa shape index (κ1) is 18.9. The fourth-order valence-electron chi connectivity index (χ4n) is 2.55. The van der Waals surface area contributed by atoms with Crippen LogP contribution in [0.2, 0.25) is 10.2 Å². The maximum Gasteiger partial charge on any atom is 0.220 e. The molecular weight excluding hydrogens is 355 g/mol. The summed E-state index contributed by atoms with van der Waals surface area (Å²) in [5, 5.41) is 10.2. The molecule has 24 heavy (non-hydrogen) atoms. The second kappa shape index (κ2) is 7.65. The number of imidazole rings is 1. The van der Waals surface area contributed by atoms with E-state index < -0.39 is 24.3 Å². The van der Waals surface area contributed by atoms with Crippen molar-refractivity contribution in [2.24, 2.45) is 17.6 Å². The van der Waals surface area contributed by atoms with Crippen LogP contribution in [0, 0.1) is 11.8 Å². The SMILES string of the molecule is CC(O)O[C@H](CC(C(N)=O)C(C)C)n1cnc2c(Cl)cc(Cl)nc21. The lowest BCUT2D eigenvalue weighted by molar-refractivity contribution is -0.159. The Morgan fingerprint density at radius 3 is 2.62 bits per heavy atom. The highest BCUT2D eigenvalue weighted by atomic mass is 35.5. The second-order valence-corrected chi connectivity index (χ2v) is 6.72. The zero-order chi connectivity index (χ0) is 18.0. The number of aliphatic hydroxyl groups excluding tert-OH is 1. The molecule has 9 heteroatoms. The Labute approximate surface area is 149 Å². The molecule has 2 rings (SSSR count). The molecule has 0 spiro atoms. The van der Waals surface area contributed by atoms with Crippen molar-refractivity contribution in [3.05, 3.63) is 22.6 Å². The predicted molar refractivity (Wildman–Crippen MR) is 91.5 cm³/mol. The van der Waals surface area contributed by atoms with Gasteiger partial charge in [0.15, 0.2) is 11.9 Å². The summed E-state index contributed by atoms with van der Waals surface area (Å²) in [5.41, 5.74) is 6.36. The Hall–Kier alpha value is -1.41. The number of nitrogens with zero attached hydrogens (tertiary/aromatic N) is 3. The number of halogens is 2. The van der Waals surface area contributed by atoms with Crippen LogP contribution in [0.15, 0.2) is 12.4 Å². The van der Waals surface area contributed by atoms with E-state index >= 15 is 0 Å². The highest BCUT2D eigenvalue weighted by molar-refractivity contribution is 6.37. The predicted octanol–water partition coefficient (Wildman–Crippen LogP) is 2.74. The van der Waals surface area contributed by atoms with Crippen LogP contribution >= 0.6 is 23.2 Å². The van der Waals surface area contributed by atoms with Gasteiger partial charge in [-0.25, -0.2) is 9.97 Å². The first-order chi connectivity index (χ1) is 11.2. The van der Waals surface area contributed by atoms with Crippen LogP contribution in [-0.4, -0.2) is 31.8 Å². The molecule has 0 radical (unpaired) electrons. The molecule has 3 atom stereocenters. The molecule has 0 bridgehead atoms. The highest BCUT2D eigenvalue weighted by Gasteiger charge is 2.28. The number of pyridine rings is 1. The highest BCUT2D eigenvalue weighted by Crippen LogP contribution is 2.30. The molecule has 0 aliphatic heterocycles. The number of rotatable bonds is 7. The first-order valence-electron chi connectivity index (χ1n) is 7.52. The van der Waals surface area contributed by atoms with Gasteiger partial charge in [-0.15, -0.1) is 0 Å². The molecule has 0 aliphatic carbocycles. The normalized spacial score (nSPS) is 15.6. The average molecular weight is 375 g/mol. The monoisotopic (exact) mass is 374 g/mol. The number of nitrogens with two attached hydrogens (primary N) is 1. The number of ether oxygens (including phenoxy) is 1. The van der Waals surface area contributed by atoms with Crippen LogP contribution in [0.4, 0.5) is 0 Å². The minimum Gasteiger partial charge on any atom is -0.369 e. The summed E-state index contributed by atoms with van der Waals surface area (Å²) in [6.07, 6.45) is 0.000219. The maximum absolute atomic E-state index is 11.7. The van der Waals surface area contributed by atoms with Gasteiger partial charge in [0.05, 0.1) is 11.3 Å². The van der Waals surface area contributed by atoms with Gasteiger partial charge < -0.3 is 15.6 Å². The molecule has 2 heterocycles. The first-order valence-corrected chi connectivity index (χ1v) is 8.27. The number of fused-ring (bicyclic) bond motifs is 1. The van der Waals surface area contributed by atoms with E-state index in [0.717, 1.165) is 0 Å². The zero-order valence-electron chi connectivity index (χ0n) is 13.6. The summed E-state index contributed by atoms with van der Waals surface area (Å²) >= 11 is 12.1. The lowest BCUT2D eigenvalue weighted by Crippen LogP contribution is -2.32. The largest absolute Gasteiger partial charge is 0.369 e. The number of carbonyl (C=O) groups excluding carboxylic acids is 1. The van der Waals surface area contributed by atoms with E-state index in [1.165, 1.54) is 19.3 Å². The molecule has 1 amide bonds. The third-order valence-electron chi connectivity index (χ3n) is 3.74. The maximum atomic E-state index is 11.7. The van der Waals surface area contributed by atoms with E-state index in [9.17, 15) is 9.90 Å². The molecule has 2 unspecified atom stereocenters. The van der Waals surface area contributed by atoms with Crippen LogP contribution < -0.4 is 5.73 Å². The van der Waals surface area contributed by atoms with E-state index in [-0.39, 0.29) is 17.5 Å².